The molecular formula is C29H45BrN2O6. The van der Waals surface area contributed by atoms with Crippen LogP contribution in [-0.2, 0) is 23.9 Å². The number of carbonyl (C=O) groups is 3. The summed E-state index contributed by atoms with van der Waals surface area (Å²) in [6.45, 7) is 12.9. The molecule has 9 heteroatoms. The first-order valence-electron chi connectivity index (χ1n) is 14.2. The highest BCUT2D eigenvalue weighted by atomic mass is 79.9. The maximum Gasteiger partial charge on any atom is 0.312 e. The molecule has 38 heavy (non-hydrogen) atoms. The van der Waals surface area contributed by atoms with Crippen molar-refractivity contribution in [3.63, 3.8) is 0 Å². The summed E-state index contributed by atoms with van der Waals surface area (Å²) in [7, 11) is 0. The SMILES string of the molecule is C=CCCCOC(=O)[C@H]1[C@H]2C(=O)N(CCCCCCO)C(C(=O)N(CC=C)C(C)CCC)C23CC(Br)[C@@H]1O3. The Labute approximate surface area is 235 Å². The molecule has 0 aromatic rings. The summed E-state index contributed by atoms with van der Waals surface area (Å²) >= 11 is 3.71. The lowest BCUT2D eigenvalue weighted by Gasteiger charge is -2.39. The minimum absolute atomic E-state index is 0.0218. The Balaban J connectivity index is 1.94. The van der Waals surface area contributed by atoms with Gasteiger partial charge in [0.1, 0.15) is 11.6 Å². The highest BCUT2D eigenvalue weighted by Crippen LogP contribution is 2.60. The summed E-state index contributed by atoms with van der Waals surface area (Å²) in [5, 5.41) is 9.13. The summed E-state index contributed by atoms with van der Waals surface area (Å²) in [6, 6.07) is -0.827. The van der Waals surface area contributed by atoms with E-state index in [2.05, 4.69) is 36.0 Å². The van der Waals surface area contributed by atoms with E-state index in [1.807, 2.05) is 11.8 Å². The number of alkyl halides is 1. The first-order chi connectivity index (χ1) is 18.3. The molecular weight excluding hydrogens is 552 g/mol. The largest absolute Gasteiger partial charge is 0.465 e. The predicted octanol–water partition coefficient (Wildman–Crippen LogP) is 4.00. The van der Waals surface area contributed by atoms with Crippen LogP contribution >= 0.6 is 15.9 Å². The predicted molar refractivity (Wildman–Crippen MR) is 150 cm³/mol. The second-order valence-electron chi connectivity index (χ2n) is 10.8. The summed E-state index contributed by atoms with van der Waals surface area (Å²) in [6.07, 6.45) is 9.74. The van der Waals surface area contributed by atoms with Crippen molar-refractivity contribution in [1.82, 2.24) is 9.80 Å². The highest BCUT2D eigenvalue weighted by Gasteiger charge is 2.77. The van der Waals surface area contributed by atoms with Crippen LogP contribution in [-0.4, -0.2) is 87.6 Å². The van der Waals surface area contributed by atoms with Crippen LogP contribution in [0, 0.1) is 11.8 Å². The van der Waals surface area contributed by atoms with E-state index in [4.69, 9.17) is 14.6 Å². The van der Waals surface area contributed by atoms with E-state index in [1.54, 1.807) is 17.1 Å². The van der Waals surface area contributed by atoms with Crippen LogP contribution in [0.3, 0.4) is 0 Å². The van der Waals surface area contributed by atoms with Crippen molar-refractivity contribution < 1.29 is 29.0 Å². The van der Waals surface area contributed by atoms with E-state index in [-0.39, 0.29) is 35.9 Å². The zero-order valence-corrected chi connectivity index (χ0v) is 24.6. The summed E-state index contributed by atoms with van der Waals surface area (Å²) in [4.78, 5) is 45.0. The number of aliphatic hydroxyl groups excluding tert-OH is 1. The van der Waals surface area contributed by atoms with Gasteiger partial charge in [-0.25, -0.2) is 0 Å². The van der Waals surface area contributed by atoms with Crippen LogP contribution in [0.1, 0.15) is 71.6 Å². The number of halogens is 1. The smallest absolute Gasteiger partial charge is 0.312 e. The average molecular weight is 598 g/mol. The molecule has 0 aromatic carbocycles. The molecule has 0 aromatic heterocycles. The van der Waals surface area contributed by atoms with Gasteiger partial charge >= 0.3 is 5.97 Å². The second kappa shape index (κ2) is 14.1. The zero-order chi connectivity index (χ0) is 27.9. The Bertz CT molecular complexity index is 868. The van der Waals surface area contributed by atoms with Gasteiger partial charge in [-0.3, -0.25) is 14.4 Å². The minimum Gasteiger partial charge on any atom is -0.465 e. The van der Waals surface area contributed by atoms with Gasteiger partial charge in [0.15, 0.2) is 0 Å². The fraction of sp³-hybridized carbons (Fsp3) is 0.759. The van der Waals surface area contributed by atoms with Crippen molar-refractivity contribution in [2.24, 2.45) is 11.8 Å². The molecule has 1 spiro atoms. The molecule has 3 heterocycles. The molecule has 7 atom stereocenters. The average Bonchev–Trinajstić information content (AvgIpc) is 3.48. The number of esters is 1. The lowest BCUT2D eigenvalue weighted by atomic mass is 9.70. The van der Waals surface area contributed by atoms with Crippen LogP contribution in [0.5, 0.6) is 0 Å². The van der Waals surface area contributed by atoms with Gasteiger partial charge in [-0.15, -0.1) is 13.2 Å². The Hall–Kier alpha value is -1.71. The number of nitrogens with zero attached hydrogens (tertiary/aromatic N) is 2. The number of carbonyl (C=O) groups excluding carboxylic acids is 3. The molecule has 8 nitrogen and oxygen atoms in total. The summed E-state index contributed by atoms with van der Waals surface area (Å²) < 4.78 is 12.2. The molecule has 4 unspecified atom stereocenters. The van der Waals surface area contributed by atoms with Crippen molar-refractivity contribution in [3.8, 4) is 0 Å². The molecule has 214 valence electrons. The summed E-state index contributed by atoms with van der Waals surface area (Å²) in [5.74, 6) is -2.26. The van der Waals surface area contributed by atoms with Gasteiger partial charge in [-0.1, -0.05) is 54.3 Å². The molecule has 0 aliphatic carbocycles. The molecule has 3 fully saturated rings. The van der Waals surface area contributed by atoms with Crippen molar-refractivity contribution in [3.05, 3.63) is 25.3 Å². The van der Waals surface area contributed by atoms with Crippen LogP contribution in [0.15, 0.2) is 25.3 Å². The van der Waals surface area contributed by atoms with Gasteiger partial charge < -0.3 is 24.4 Å². The minimum atomic E-state index is -1.08. The number of allylic oxidation sites excluding steroid dienone is 1. The number of fused-ring (bicyclic) bond motifs is 1. The molecule has 3 aliphatic rings. The van der Waals surface area contributed by atoms with Gasteiger partial charge in [0.05, 0.1) is 24.5 Å². The first-order valence-corrected chi connectivity index (χ1v) is 15.1. The molecule has 0 saturated carbocycles. The second-order valence-corrected chi connectivity index (χ2v) is 12.0. The molecule has 3 rings (SSSR count). The topological polar surface area (TPSA) is 96.4 Å². The maximum absolute atomic E-state index is 14.3. The summed E-state index contributed by atoms with van der Waals surface area (Å²) in [5.41, 5.74) is -1.08. The number of hydrogen-bond donors (Lipinski definition) is 1. The molecule has 2 amide bonds. The number of aliphatic hydroxyl groups is 1. The van der Waals surface area contributed by atoms with Gasteiger partial charge in [0.2, 0.25) is 11.8 Å². The molecule has 3 saturated heterocycles. The number of amides is 2. The molecule has 3 aliphatic heterocycles. The molecule has 2 bridgehead atoms. The van der Waals surface area contributed by atoms with E-state index < -0.39 is 35.6 Å². The normalized spacial score (nSPS) is 30.3. The van der Waals surface area contributed by atoms with Crippen LogP contribution in [0.25, 0.3) is 0 Å². The van der Waals surface area contributed by atoms with E-state index in [0.29, 0.717) is 38.8 Å². The van der Waals surface area contributed by atoms with Crippen molar-refractivity contribution in [1.29, 1.82) is 0 Å². The first kappa shape index (κ1) is 30.8. The van der Waals surface area contributed by atoms with Crippen LogP contribution < -0.4 is 0 Å². The van der Waals surface area contributed by atoms with E-state index in [9.17, 15) is 14.4 Å². The quantitative estimate of drug-likeness (QED) is 0.118. The lowest BCUT2D eigenvalue weighted by Crippen LogP contribution is -2.58. The zero-order valence-electron chi connectivity index (χ0n) is 23.0. The molecule has 1 N–H and O–H groups in total. The third kappa shape index (κ3) is 6.04. The third-order valence-electron chi connectivity index (χ3n) is 8.25. The van der Waals surface area contributed by atoms with E-state index in [1.165, 1.54) is 0 Å². The Kier molecular flexibility index (Phi) is 11.4. The molecule has 0 radical (unpaired) electrons. The van der Waals surface area contributed by atoms with Gasteiger partial charge in [0.25, 0.3) is 0 Å². The van der Waals surface area contributed by atoms with Gasteiger partial charge in [-0.05, 0) is 45.4 Å². The van der Waals surface area contributed by atoms with Crippen LogP contribution in [0.4, 0.5) is 0 Å². The van der Waals surface area contributed by atoms with Gasteiger partial charge in [0, 0.05) is 30.6 Å². The van der Waals surface area contributed by atoms with E-state index in [0.717, 1.165) is 32.1 Å². The number of unbranched alkanes of at least 4 members (excludes halogenated alkanes) is 4. The van der Waals surface area contributed by atoms with Crippen molar-refractivity contribution in [2.45, 2.75) is 100 Å². The fourth-order valence-corrected chi connectivity index (χ4v) is 7.46. The van der Waals surface area contributed by atoms with Crippen molar-refractivity contribution >= 4 is 33.7 Å². The standard InChI is InChI=1S/C29H45BrN2O6/c1-5-8-13-18-37-28(36)22-23-26(34)32(16-11-9-10-12-17-33)25(29(23)19-21(30)24(22)38-29)27(35)31(15-7-3)20(4)14-6-2/h5,7,20-25,33H,1,3,6,8-19H2,2,4H3/t20?,21?,22-,23-,24-,25?,29?/m0/s1. The van der Waals surface area contributed by atoms with Gasteiger partial charge in [-0.2, -0.15) is 0 Å². The number of rotatable bonds is 17. The van der Waals surface area contributed by atoms with Crippen LogP contribution in [0.2, 0.25) is 0 Å². The maximum atomic E-state index is 14.3. The fourth-order valence-electron chi connectivity index (χ4n) is 6.52. The highest BCUT2D eigenvalue weighted by molar-refractivity contribution is 9.09. The number of ether oxygens (including phenoxy) is 2. The van der Waals surface area contributed by atoms with E-state index >= 15 is 0 Å². The van der Waals surface area contributed by atoms with Crippen molar-refractivity contribution in [2.75, 3.05) is 26.3 Å². The Morgan fingerprint density at radius 1 is 1.26 bits per heavy atom. The lowest BCUT2D eigenvalue weighted by molar-refractivity contribution is -0.155. The monoisotopic (exact) mass is 596 g/mol. The Morgan fingerprint density at radius 3 is 2.66 bits per heavy atom. The Morgan fingerprint density at radius 2 is 2.00 bits per heavy atom. The third-order valence-corrected chi connectivity index (χ3v) is 9.09. The number of hydrogen-bond acceptors (Lipinski definition) is 6. The number of likely N-dealkylation sites (tertiary alicyclic amines) is 1.